The number of H-pyrrole nitrogens is 1. The first-order valence-electron chi connectivity index (χ1n) is 8.85. The standard InChI is InChI=1S/C21H15ClFN3O4/c1-11-7-19(30-18-4-3-12(22)8-16(18)23)14(9-17(11)26(28)29)15-10-25(2)21(27)20-13(15)5-6-24-20/h3-10,24H,1-2H3. The van der Waals surface area contributed by atoms with Gasteiger partial charge >= 0.3 is 0 Å². The maximum atomic E-state index is 14.3. The summed E-state index contributed by atoms with van der Waals surface area (Å²) in [5, 5.41) is 12.3. The second-order valence-corrected chi connectivity index (χ2v) is 7.23. The summed E-state index contributed by atoms with van der Waals surface area (Å²) >= 11 is 5.81. The van der Waals surface area contributed by atoms with Gasteiger partial charge in [0.25, 0.3) is 11.2 Å². The molecular weight excluding hydrogens is 413 g/mol. The van der Waals surface area contributed by atoms with Crippen LogP contribution in [-0.4, -0.2) is 14.5 Å². The second kappa shape index (κ2) is 7.31. The minimum Gasteiger partial charge on any atom is -0.454 e. The van der Waals surface area contributed by atoms with Crippen LogP contribution >= 0.6 is 11.6 Å². The molecule has 9 heteroatoms. The summed E-state index contributed by atoms with van der Waals surface area (Å²) in [6.07, 6.45) is 3.18. The smallest absolute Gasteiger partial charge is 0.274 e. The number of aromatic nitrogens is 2. The second-order valence-electron chi connectivity index (χ2n) is 6.79. The molecule has 152 valence electrons. The van der Waals surface area contributed by atoms with Gasteiger partial charge in [-0.05, 0) is 37.3 Å². The molecule has 30 heavy (non-hydrogen) atoms. The van der Waals surface area contributed by atoms with E-state index in [1.54, 1.807) is 32.4 Å². The summed E-state index contributed by atoms with van der Waals surface area (Å²) in [4.78, 5) is 26.3. The minimum absolute atomic E-state index is 0.0796. The Labute approximate surface area is 174 Å². The molecular formula is C21H15ClFN3O4. The molecule has 2 aromatic heterocycles. The van der Waals surface area contributed by atoms with Crippen molar-refractivity contribution in [2.45, 2.75) is 6.92 Å². The van der Waals surface area contributed by atoms with E-state index < -0.39 is 10.7 Å². The summed E-state index contributed by atoms with van der Waals surface area (Å²) < 4.78 is 21.5. The van der Waals surface area contributed by atoms with E-state index in [1.807, 2.05) is 0 Å². The highest BCUT2D eigenvalue weighted by Gasteiger charge is 2.21. The van der Waals surface area contributed by atoms with Crippen LogP contribution in [0.1, 0.15) is 5.56 Å². The Kier molecular flexibility index (Phi) is 4.79. The van der Waals surface area contributed by atoms with Crippen molar-refractivity contribution in [1.29, 1.82) is 0 Å². The predicted octanol–water partition coefficient (Wildman–Crippen LogP) is 5.34. The molecule has 7 nitrogen and oxygen atoms in total. The van der Waals surface area contributed by atoms with Gasteiger partial charge in [-0.3, -0.25) is 14.9 Å². The number of benzene rings is 2. The van der Waals surface area contributed by atoms with Crippen molar-refractivity contribution in [2.24, 2.45) is 7.05 Å². The van der Waals surface area contributed by atoms with E-state index >= 15 is 0 Å². The summed E-state index contributed by atoms with van der Waals surface area (Å²) in [7, 11) is 1.58. The van der Waals surface area contributed by atoms with Crippen LogP contribution in [0.15, 0.2) is 53.6 Å². The van der Waals surface area contributed by atoms with Gasteiger partial charge in [0.2, 0.25) is 0 Å². The molecule has 0 saturated heterocycles. The van der Waals surface area contributed by atoms with Crippen molar-refractivity contribution in [1.82, 2.24) is 9.55 Å². The number of rotatable bonds is 4. The first-order valence-corrected chi connectivity index (χ1v) is 9.23. The Morgan fingerprint density at radius 3 is 2.63 bits per heavy atom. The number of aryl methyl sites for hydroxylation is 2. The van der Waals surface area contributed by atoms with Crippen molar-refractivity contribution < 1.29 is 14.1 Å². The molecule has 4 aromatic rings. The lowest BCUT2D eigenvalue weighted by molar-refractivity contribution is -0.385. The van der Waals surface area contributed by atoms with Crippen LogP contribution in [0.25, 0.3) is 22.0 Å². The van der Waals surface area contributed by atoms with Crippen molar-refractivity contribution >= 4 is 28.2 Å². The number of pyridine rings is 1. The molecule has 0 aliphatic heterocycles. The van der Waals surface area contributed by atoms with Gasteiger partial charge in [0.15, 0.2) is 11.6 Å². The van der Waals surface area contributed by atoms with Gasteiger partial charge in [0.1, 0.15) is 11.3 Å². The van der Waals surface area contributed by atoms with Gasteiger partial charge < -0.3 is 14.3 Å². The highest BCUT2D eigenvalue weighted by molar-refractivity contribution is 6.30. The number of ether oxygens (including phenoxy) is 1. The van der Waals surface area contributed by atoms with E-state index in [0.29, 0.717) is 27.6 Å². The lowest BCUT2D eigenvalue weighted by Crippen LogP contribution is -2.16. The Morgan fingerprint density at radius 2 is 1.93 bits per heavy atom. The van der Waals surface area contributed by atoms with E-state index in [2.05, 4.69) is 4.98 Å². The van der Waals surface area contributed by atoms with Gasteiger partial charge in [-0.1, -0.05) is 11.6 Å². The van der Waals surface area contributed by atoms with Gasteiger partial charge in [-0.15, -0.1) is 0 Å². The molecule has 2 heterocycles. The predicted molar refractivity (Wildman–Crippen MR) is 112 cm³/mol. The number of hydrogen-bond donors (Lipinski definition) is 1. The van der Waals surface area contributed by atoms with Crippen molar-refractivity contribution in [3.8, 4) is 22.6 Å². The summed E-state index contributed by atoms with van der Waals surface area (Å²) in [5.41, 5.74) is 1.21. The molecule has 0 saturated carbocycles. The fraction of sp³-hybridized carbons (Fsp3) is 0.0952. The SMILES string of the molecule is Cc1cc(Oc2ccc(Cl)cc2F)c(-c2cn(C)c(=O)c3[nH]ccc23)cc1[N+](=O)[O-]. The van der Waals surface area contributed by atoms with E-state index in [4.69, 9.17) is 16.3 Å². The van der Waals surface area contributed by atoms with Crippen LogP contribution in [0.4, 0.5) is 10.1 Å². The highest BCUT2D eigenvalue weighted by Crippen LogP contribution is 2.41. The van der Waals surface area contributed by atoms with Crippen molar-refractivity contribution in [2.75, 3.05) is 0 Å². The first-order chi connectivity index (χ1) is 14.3. The molecule has 0 atom stereocenters. The van der Waals surface area contributed by atoms with Crippen LogP contribution in [0, 0.1) is 22.9 Å². The number of nitro groups is 1. The van der Waals surface area contributed by atoms with Gasteiger partial charge in [-0.2, -0.15) is 0 Å². The molecule has 0 spiro atoms. The highest BCUT2D eigenvalue weighted by atomic mass is 35.5. The zero-order chi connectivity index (χ0) is 21.6. The van der Waals surface area contributed by atoms with E-state index in [0.717, 1.165) is 6.07 Å². The topological polar surface area (TPSA) is 90.2 Å². The van der Waals surface area contributed by atoms with E-state index in [-0.39, 0.29) is 27.8 Å². The van der Waals surface area contributed by atoms with E-state index in [9.17, 15) is 19.3 Å². The molecule has 0 aliphatic carbocycles. The third kappa shape index (κ3) is 3.31. The summed E-state index contributed by atoms with van der Waals surface area (Å²) in [6.45, 7) is 1.57. The molecule has 0 unspecified atom stereocenters. The first kappa shape index (κ1) is 19.7. The summed E-state index contributed by atoms with van der Waals surface area (Å²) in [6, 6.07) is 8.52. The Hall–Kier alpha value is -3.65. The molecule has 0 radical (unpaired) electrons. The molecule has 0 bridgehead atoms. The number of halogens is 2. The van der Waals surface area contributed by atoms with Crippen LogP contribution < -0.4 is 10.3 Å². The van der Waals surface area contributed by atoms with Crippen LogP contribution in [-0.2, 0) is 7.05 Å². The average molecular weight is 428 g/mol. The lowest BCUT2D eigenvalue weighted by atomic mass is 10.00. The molecule has 0 aliphatic rings. The lowest BCUT2D eigenvalue weighted by Gasteiger charge is -2.15. The number of fused-ring (bicyclic) bond motifs is 1. The Balaban J connectivity index is 2.00. The average Bonchev–Trinajstić information content (AvgIpc) is 3.17. The maximum absolute atomic E-state index is 14.3. The zero-order valence-electron chi connectivity index (χ0n) is 15.9. The zero-order valence-corrected chi connectivity index (χ0v) is 16.7. The fourth-order valence-corrected chi connectivity index (χ4v) is 3.48. The molecule has 4 rings (SSSR count). The minimum atomic E-state index is -0.670. The third-order valence-electron chi connectivity index (χ3n) is 4.79. The summed E-state index contributed by atoms with van der Waals surface area (Å²) in [5.74, 6) is -0.541. The Morgan fingerprint density at radius 1 is 1.17 bits per heavy atom. The van der Waals surface area contributed by atoms with Crippen LogP contribution in [0.2, 0.25) is 5.02 Å². The molecule has 1 N–H and O–H groups in total. The maximum Gasteiger partial charge on any atom is 0.274 e. The van der Waals surface area contributed by atoms with Crippen molar-refractivity contribution in [3.63, 3.8) is 0 Å². The van der Waals surface area contributed by atoms with Crippen LogP contribution in [0.3, 0.4) is 0 Å². The monoisotopic (exact) mass is 427 g/mol. The van der Waals surface area contributed by atoms with Crippen molar-refractivity contribution in [3.05, 3.63) is 85.7 Å². The largest absolute Gasteiger partial charge is 0.454 e. The van der Waals surface area contributed by atoms with Gasteiger partial charge in [0, 0.05) is 52.6 Å². The number of hydrogen-bond acceptors (Lipinski definition) is 4. The normalized spacial score (nSPS) is 11.1. The molecule has 0 amide bonds. The fourth-order valence-electron chi connectivity index (χ4n) is 3.32. The molecule has 0 fully saturated rings. The number of nitro benzene ring substituents is 1. The number of nitrogens with one attached hydrogen (secondary N) is 1. The number of aromatic amines is 1. The van der Waals surface area contributed by atoms with E-state index in [1.165, 1.54) is 28.8 Å². The molecule has 2 aromatic carbocycles. The number of nitrogens with zero attached hydrogens (tertiary/aromatic N) is 2. The van der Waals surface area contributed by atoms with Gasteiger partial charge in [0.05, 0.1) is 4.92 Å². The Bertz CT molecular complexity index is 1380. The third-order valence-corrected chi connectivity index (χ3v) is 5.03. The quantitative estimate of drug-likeness (QED) is 0.352. The van der Waals surface area contributed by atoms with Gasteiger partial charge in [-0.25, -0.2) is 4.39 Å². The van der Waals surface area contributed by atoms with Crippen LogP contribution in [0.5, 0.6) is 11.5 Å².